The maximum Gasteiger partial charge on any atom is 0.245 e. The molecule has 3 aliphatic heterocycles. The Morgan fingerprint density at radius 2 is 1.97 bits per heavy atom. The summed E-state index contributed by atoms with van der Waals surface area (Å²) in [4.78, 5) is 19.1. The van der Waals surface area contributed by atoms with Crippen molar-refractivity contribution < 1.29 is 13.6 Å². The molecular weight excluding hydrogens is 420 g/mol. The highest BCUT2D eigenvalue weighted by Crippen LogP contribution is 2.62. The van der Waals surface area contributed by atoms with E-state index in [0.717, 1.165) is 11.1 Å². The van der Waals surface area contributed by atoms with Crippen LogP contribution in [0, 0.1) is 11.8 Å². The number of nitrogens with one attached hydrogen (secondary N) is 1. The molecule has 0 aliphatic carbocycles. The molecule has 0 bridgehead atoms. The van der Waals surface area contributed by atoms with Crippen LogP contribution in [-0.2, 0) is 11.2 Å². The molecule has 1 amide bonds. The van der Waals surface area contributed by atoms with E-state index in [-0.39, 0.29) is 23.7 Å². The fourth-order valence-corrected chi connectivity index (χ4v) is 5.83. The summed E-state index contributed by atoms with van der Waals surface area (Å²) in [5, 5.41) is 3.12. The Balaban J connectivity index is 1.25. The number of piperidine rings is 1. The highest BCUT2D eigenvalue weighted by molar-refractivity contribution is 6.33. The first kappa shape index (κ1) is 18.9. The van der Waals surface area contributed by atoms with Gasteiger partial charge in [0.05, 0.1) is 10.7 Å². The summed E-state index contributed by atoms with van der Waals surface area (Å²) >= 11 is 6.40. The van der Waals surface area contributed by atoms with E-state index in [4.69, 9.17) is 11.6 Å². The van der Waals surface area contributed by atoms with Crippen LogP contribution in [0.1, 0.15) is 30.0 Å². The summed E-state index contributed by atoms with van der Waals surface area (Å²) in [5.41, 5.74) is 2.37. The molecule has 3 aromatic rings. The zero-order chi connectivity index (χ0) is 21.3. The molecule has 1 aromatic heterocycles. The van der Waals surface area contributed by atoms with Crippen molar-refractivity contribution in [1.29, 1.82) is 0 Å². The van der Waals surface area contributed by atoms with Gasteiger partial charge in [-0.2, -0.15) is 4.39 Å². The van der Waals surface area contributed by atoms with Crippen LogP contribution in [0.25, 0.3) is 11.1 Å². The number of rotatable bonds is 3. The van der Waals surface area contributed by atoms with Crippen LogP contribution in [0.15, 0.2) is 54.7 Å². The second-order valence-corrected chi connectivity index (χ2v) is 8.93. The number of halogens is 3. The minimum atomic E-state index is -0.663. The summed E-state index contributed by atoms with van der Waals surface area (Å²) in [6.45, 7) is 0. The van der Waals surface area contributed by atoms with Crippen LogP contribution >= 0.6 is 11.6 Å². The Kier molecular flexibility index (Phi) is 4.01. The van der Waals surface area contributed by atoms with Gasteiger partial charge < -0.3 is 5.32 Å². The van der Waals surface area contributed by atoms with Gasteiger partial charge in [0.2, 0.25) is 11.9 Å². The van der Waals surface area contributed by atoms with Crippen molar-refractivity contribution in [3.8, 4) is 11.1 Å². The molecule has 6 rings (SSSR count). The van der Waals surface area contributed by atoms with Crippen LogP contribution < -0.4 is 5.32 Å². The number of hydrogen-bond donors (Lipinski definition) is 1. The molecule has 4 nitrogen and oxygen atoms in total. The topological polar surface area (TPSA) is 45.2 Å². The molecule has 0 radical (unpaired) electrons. The van der Waals surface area contributed by atoms with E-state index in [1.54, 1.807) is 0 Å². The van der Waals surface area contributed by atoms with Gasteiger partial charge in [-0.3, -0.25) is 9.69 Å². The number of carbonyl (C=O) groups is 1. The molecule has 2 aromatic carbocycles. The van der Waals surface area contributed by atoms with E-state index in [1.165, 1.54) is 18.3 Å². The first-order valence-corrected chi connectivity index (χ1v) is 10.6. The molecular formula is C24H18ClF2N3O. The second kappa shape index (κ2) is 6.58. The molecule has 2 fully saturated rings. The fraction of sp³-hybridized carbons (Fsp3) is 0.250. The lowest BCUT2D eigenvalue weighted by Gasteiger charge is -2.71. The van der Waals surface area contributed by atoms with Gasteiger partial charge in [0.25, 0.3) is 0 Å². The van der Waals surface area contributed by atoms with Crippen LogP contribution in [0.3, 0.4) is 0 Å². The maximum atomic E-state index is 14.8. The third kappa shape index (κ3) is 2.61. The van der Waals surface area contributed by atoms with E-state index in [0.29, 0.717) is 35.4 Å². The number of amides is 1. The molecule has 0 spiro atoms. The zero-order valence-corrected chi connectivity index (χ0v) is 17.2. The molecule has 2 saturated heterocycles. The first-order valence-electron chi connectivity index (χ1n) is 10.3. The average molecular weight is 438 g/mol. The van der Waals surface area contributed by atoms with E-state index in [1.807, 2.05) is 36.4 Å². The van der Waals surface area contributed by atoms with Gasteiger partial charge in [-0.1, -0.05) is 41.9 Å². The molecule has 2 unspecified atom stereocenters. The summed E-state index contributed by atoms with van der Waals surface area (Å²) < 4.78 is 28.9. The SMILES string of the molecule is O=C(Nc1cc(Cl)c(-c2ccccc2)cc1F)C12CC3c4ccnc(F)c4C[C@H](C1)N32. The Morgan fingerprint density at radius 1 is 1.16 bits per heavy atom. The number of anilines is 1. The third-order valence-electron chi connectivity index (χ3n) is 6.98. The summed E-state index contributed by atoms with van der Waals surface area (Å²) in [5.74, 6) is -1.18. The average Bonchev–Trinajstić information content (AvgIpc) is 2.73. The second-order valence-electron chi connectivity index (χ2n) is 8.52. The van der Waals surface area contributed by atoms with E-state index in [9.17, 15) is 13.6 Å². The fourth-order valence-electron chi connectivity index (χ4n) is 5.56. The van der Waals surface area contributed by atoms with Crippen molar-refractivity contribution in [3.63, 3.8) is 0 Å². The smallest absolute Gasteiger partial charge is 0.245 e. The van der Waals surface area contributed by atoms with Crippen LogP contribution in [-0.4, -0.2) is 27.4 Å². The van der Waals surface area contributed by atoms with Gasteiger partial charge in [0.1, 0.15) is 11.4 Å². The molecule has 31 heavy (non-hydrogen) atoms. The van der Waals surface area contributed by atoms with Crippen molar-refractivity contribution in [3.05, 3.63) is 82.6 Å². The molecule has 3 aliphatic rings. The lowest BCUT2D eigenvalue weighted by atomic mass is 9.58. The number of carbonyl (C=O) groups excluding carboxylic acids is 1. The van der Waals surface area contributed by atoms with Crippen molar-refractivity contribution in [2.45, 2.75) is 36.9 Å². The Hall–Kier alpha value is -2.83. The van der Waals surface area contributed by atoms with Crippen LogP contribution in [0.2, 0.25) is 5.02 Å². The number of aromatic nitrogens is 1. The van der Waals surface area contributed by atoms with Crippen LogP contribution in [0.4, 0.5) is 14.5 Å². The standard InChI is InChI=1S/C24H18ClF2N3O/c25-18-10-20(19(26)9-16(18)13-4-2-1-3-5-13)29-23(31)24-11-14-8-17-15(6-7-28-22(17)27)21(12-24)30(14)24/h1-7,9-10,14,21H,8,11-12H2,(H,29,31)/t14-,21?,24?/m1/s1. The number of benzene rings is 2. The van der Waals surface area contributed by atoms with Crippen LogP contribution in [0.5, 0.6) is 0 Å². The lowest BCUT2D eigenvalue weighted by Crippen LogP contribution is -2.80. The lowest BCUT2D eigenvalue weighted by molar-refractivity contribution is -0.206. The van der Waals surface area contributed by atoms with Gasteiger partial charge >= 0.3 is 0 Å². The van der Waals surface area contributed by atoms with Gasteiger partial charge in [-0.15, -0.1) is 0 Å². The number of hydrogen-bond acceptors (Lipinski definition) is 3. The highest BCUT2D eigenvalue weighted by atomic mass is 35.5. The highest BCUT2D eigenvalue weighted by Gasteiger charge is 2.69. The van der Waals surface area contributed by atoms with Gasteiger partial charge in [-0.25, -0.2) is 9.37 Å². The molecule has 3 atom stereocenters. The minimum Gasteiger partial charge on any atom is -0.322 e. The predicted octanol–water partition coefficient (Wildman–Crippen LogP) is 5.13. The zero-order valence-electron chi connectivity index (χ0n) is 16.4. The monoisotopic (exact) mass is 437 g/mol. The van der Waals surface area contributed by atoms with E-state index in [2.05, 4.69) is 15.2 Å². The van der Waals surface area contributed by atoms with Crippen molar-refractivity contribution in [1.82, 2.24) is 9.88 Å². The maximum absolute atomic E-state index is 14.8. The first-order chi connectivity index (χ1) is 15.0. The largest absolute Gasteiger partial charge is 0.322 e. The number of pyridine rings is 1. The summed E-state index contributed by atoms with van der Waals surface area (Å²) in [6.07, 6.45) is 3.23. The van der Waals surface area contributed by atoms with Crippen molar-refractivity contribution in [2.24, 2.45) is 0 Å². The number of nitrogens with zero attached hydrogens (tertiary/aromatic N) is 2. The molecule has 0 saturated carbocycles. The normalized spacial score (nSPS) is 25.6. The Bertz CT molecular complexity index is 1230. The Labute approximate surface area is 182 Å². The van der Waals surface area contributed by atoms with Crippen molar-refractivity contribution >= 4 is 23.2 Å². The third-order valence-corrected chi connectivity index (χ3v) is 7.29. The van der Waals surface area contributed by atoms with Gasteiger partial charge in [-0.05, 0) is 48.6 Å². The van der Waals surface area contributed by atoms with Gasteiger partial charge in [0.15, 0.2) is 0 Å². The predicted molar refractivity (Wildman–Crippen MR) is 114 cm³/mol. The molecule has 4 heterocycles. The van der Waals surface area contributed by atoms with Gasteiger partial charge in [0, 0.05) is 29.4 Å². The Morgan fingerprint density at radius 3 is 2.77 bits per heavy atom. The molecule has 1 N–H and O–H groups in total. The summed E-state index contributed by atoms with van der Waals surface area (Å²) in [6, 6.07) is 14.1. The van der Waals surface area contributed by atoms with E-state index >= 15 is 0 Å². The molecule has 7 heteroatoms. The minimum absolute atomic E-state index is 0.0136. The summed E-state index contributed by atoms with van der Waals surface area (Å²) in [7, 11) is 0. The molecule has 156 valence electrons. The van der Waals surface area contributed by atoms with E-state index < -0.39 is 17.3 Å². The number of fused-ring (bicyclic) bond motifs is 2. The van der Waals surface area contributed by atoms with Crippen molar-refractivity contribution in [2.75, 3.05) is 5.32 Å². The quantitative estimate of drug-likeness (QED) is 0.577.